The van der Waals surface area contributed by atoms with Crippen molar-refractivity contribution in [2.45, 2.75) is 6.92 Å². The number of rotatable bonds is 2. The second-order valence-electron chi connectivity index (χ2n) is 5.80. The van der Waals surface area contributed by atoms with E-state index in [0.29, 0.717) is 23.5 Å². The van der Waals surface area contributed by atoms with Crippen LogP contribution in [0.5, 0.6) is 5.75 Å². The lowest BCUT2D eigenvalue weighted by molar-refractivity contribution is 0.102. The first-order valence-corrected chi connectivity index (χ1v) is 7.72. The van der Waals surface area contributed by atoms with E-state index in [9.17, 15) is 4.79 Å². The summed E-state index contributed by atoms with van der Waals surface area (Å²) in [4.78, 5) is 19.1. The van der Waals surface area contributed by atoms with Crippen molar-refractivity contribution < 1.29 is 9.53 Å². The molecule has 0 saturated carbocycles. The number of ether oxygens (including phenoxy) is 1. The number of carbonyl (C=O) groups is 1. The fourth-order valence-electron chi connectivity index (χ4n) is 2.75. The molecule has 1 amide bonds. The van der Waals surface area contributed by atoms with Gasteiger partial charge in [0.15, 0.2) is 5.65 Å². The largest absolute Gasteiger partial charge is 0.490 e. The maximum Gasteiger partial charge on any atom is 0.261 e. The van der Waals surface area contributed by atoms with Crippen LogP contribution in [0.4, 0.5) is 11.4 Å². The van der Waals surface area contributed by atoms with Gasteiger partial charge in [-0.05, 0) is 31.2 Å². The van der Waals surface area contributed by atoms with Crippen molar-refractivity contribution in [3.8, 4) is 5.75 Å². The van der Waals surface area contributed by atoms with Gasteiger partial charge >= 0.3 is 0 Å². The fourth-order valence-corrected chi connectivity index (χ4v) is 2.75. The number of aromatic nitrogens is 3. The van der Waals surface area contributed by atoms with Gasteiger partial charge in [-0.3, -0.25) is 4.79 Å². The number of fused-ring (bicyclic) bond motifs is 2. The Kier molecular flexibility index (Phi) is 3.34. The average molecular weight is 323 g/mol. The van der Waals surface area contributed by atoms with E-state index < -0.39 is 0 Å². The van der Waals surface area contributed by atoms with Gasteiger partial charge in [0.05, 0.1) is 18.4 Å². The molecule has 2 aromatic heterocycles. The van der Waals surface area contributed by atoms with Crippen molar-refractivity contribution in [1.82, 2.24) is 14.6 Å². The Morgan fingerprint density at radius 2 is 2.21 bits per heavy atom. The molecular formula is C17H17N5O2. The highest BCUT2D eigenvalue weighted by molar-refractivity contribution is 6.08. The molecule has 3 heterocycles. The third-order valence-corrected chi connectivity index (χ3v) is 4.07. The molecule has 7 heteroatoms. The normalized spacial score (nSPS) is 13.5. The van der Waals surface area contributed by atoms with Crippen LogP contribution in [0, 0.1) is 6.92 Å². The first-order valence-electron chi connectivity index (χ1n) is 7.72. The van der Waals surface area contributed by atoms with Gasteiger partial charge in [-0.1, -0.05) is 0 Å². The molecule has 0 aliphatic carbocycles. The number of hydrogen-bond donors (Lipinski definition) is 1. The van der Waals surface area contributed by atoms with Crippen LogP contribution in [-0.2, 0) is 0 Å². The van der Waals surface area contributed by atoms with E-state index in [4.69, 9.17) is 4.74 Å². The molecule has 0 bridgehead atoms. The van der Waals surface area contributed by atoms with E-state index in [2.05, 4.69) is 20.3 Å². The van der Waals surface area contributed by atoms with Crippen molar-refractivity contribution in [3.63, 3.8) is 0 Å². The molecule has 0 radical (unpaired) electrons. The Morgan fingerprint density at radius 3 is 3.08 bits per heavy atom. The van der Waals surface area contributed by atoms with Gasteiger partial charge < -0.3 is 15.0 Å². The number of benzene rings is 1. The summed E-state index contributed by atoms with van der Waals surface area (Å²) in [7, 11) is 2.00. The van der Waals surface area contributed by atoms with E-state index in [-0.39, 0.29) is 5.91 Å². The Labute approximate surface area is 138 Å². The molecule has 0 unspecified atom stereocenters. The molecule has 7 nitrogen and oxygen atoms in total. The minimum Gasteiger partial charge on any atom is -0.490 e. The zero-order valence-electron chi connectivity index (χ0n) is 13.5. The molecule has 1 aliphatic rings. The summed E-state index contributed by atoms with van der Waals surface area (Å²) >= 11 is 0. The van der Waals surface area contributed by atoms with Crippen LogP contribution in [0.15, 0.2) is 36.7 Å². The summed E-state index contributed by atoms with van der Waals surface area (Å²) in [5.41, 5.74) is 3.51. The van der Waals surface area contributed by atoms with Gasteiger partial charge in [-0.25, -0.2) is 9.50 Å². The molecule has 4 rings (SSSR count). The molecule has 1 aromatic carbocycles. The van der Waals surface area contributed by atoms with Gasteiger partial charge in [0.25, 0.3) is 5.91 Å². The smallest absolute Gasteiger partial charge is 0.261 e. The second kappa shape index (κ2) is 5.52. The predicted molar refractivity (Wildman–Crippen MR) is 90.9 cm³/mol. The maximum absolute atomic E-state index is 12.6. The van der Waals surface area contributed by atoms with E-state index in [1.165, 1.54) is 6.20 Å². The first-order chi connectivity index (χ1) is 11.6. The number of likely N-dealkylation sites (N-methyl/N-ethyl adjacent to an activating group) is 1. The van der Waals surface area contributed by atoms with Gasteiger partial charge in [-0.2, -0.15) is 5.10 Å². The van der Waals surface area contributed by atoms with Gasteiger partial charge in [0.1, 0.15) is 17.9 Å². The lowest BCUT2D eigenvalue weighted by Crippen LogP contribution is -2.28. The van der Waals surface area contributed by atoms with Crippen molar-refractivity contribution in [2.24, 2.45) is 0 Å². The summed E-state index contributed by atoms with van der Waals surface area (Å²) in [5.74, 6) is 0.595. The van der Waals surface area contributed by atoms with Gasteiger partial charge in [0.2, 0.25) is 0 Å². The molecule has 24 heavy (non-hydrogen) atoms. The number of nitrogens with one attached hydrogen (secondary N) is 1. The van der Waals surface area contributed by atoms with Crippen LogP contribution in [0.25, 0.3) is 5.65 Å². The number of nitrogens with zero attached hydrogens (tertiary/aromatic N) is 4. The molecule has 0 fully saturated rings. The third-order valence-electron chi connectivity index (χ3n) is 4.07. The zero-order chi connectivity index (χ0) is 16.7. The van der Waals surface area contributed by atoms with E-state index in [1.54, 1.807) is 10.7 Å². The lowest BCUT2D eigenvalue weighted by atomic mass is 10.2. The lowest BCUT2D eigenvalue weighted by Gasteiger charge is -2.28. The Bertz CT molecular complexity index is 934. The molecule has 3 aromatic rings. The van der Waals surface area contributed by atoms with Crippen LogP contribution in [0.3, 0.4) is 0 Å². The summed E-state index contributed by atoms with van der Waals surface area (Å²) < 4.78 is 7.21. The summed E-state index contributed by atoms with van der Waals surface area (Å²) in [6.45, 7) is 3.37. The van der Waals surface area contributed by atoms with E-state index in [1.807, 2.05) is 38.2 Å². The van der Waals surface area contributed by atoms with Crippen molar-refractivity contribution in [3.05, 3.63) is 47.9 Å². The SMILES string of the molecule is Cc1ccn2ncc(C(=O)Nc3ccc4c(c3)N(C)CCO4)c2n1. The molecule has 1 N–H and O–H groups in total. The number of aryl methyl sites for hydroxylation is 1. The Balaban J connectivity index is 1.64. The predicted octanol–water partition coefficient (Wildman–Crippen LogP) is 2.12. The summed E-state index contributed by atoms with van der Waals surface area (Å²) in [6, 6.07) is 7.47. The van der Waals surface area contributed by atoms with Crippen molar-refractivity contribution >= 4 is 22.9 Å². The van der Waals surface area contributed by atoms with Crippen molar-refractivity contribution in [1.29, 1.82) is 0 Å². The molecule has 0 spiro atoms. The Hall–Kier alpha value is -3.09. The summed E-state index contributed by atoms with van der Waals surface area (Å²) in [5, 5.41) is 7.08. The molecule has 0 saturated heterocycles. The summed E-state index contributed by atoms with van der Waals surface area (Å²) in [6.07, 6.45) is 3.32. The quantitative estimate of drug-likeness (QED) is 0.782. The van der Waals surface area contributed by atoms with Crippen LogP contribution in [-0.4, -0.2) is 40.7 Å². The van der Waals surface area contributed by atoms with Gasteiger partial charge in [0, 0.05) is 24.6 Å². The molecule has 122 valence electrons. The van der Waals surface area contributed by atoms with Crippen molar-refractivity contribution in [2.75, 3.05) is 30.4 Å². The standard InChI is InChI=1S/C17H17N5O2/c1-11-5-6-22-16(19-11)13(10-18-22)17(23)20-12-3-4-15-14(9-12)21(2)7-8-24-15/h3-6,9-10H,7-8H2,1-2H3,(H,20,23). The monoisotopic (exact) mass is 323 g/mol. The van der Waals surface area contributed by atoms with Crippen LogP contribution >= 0.6 is 0 Å². The highest BCUT2D eigenvalue weighted by Gasteiger charge is 2.18. The third kappa shape index (κ3) is 2.44. The average Bonchev–Trinajstić information content (AvgIpc) is 2.98. The minimum atomic E-state index is -0.234. The fraction of sp³-hybridized carbons (Fsp3) is 0.235. The molecule has 1 aliphatic heterocycles. The number of anilines is 2. The number of amides is 1. The zero-order valence-corrected chi connectivity index (χ0v) is 13.5. The highest BCUT2D eigenvalue weighted by atomic mass is 16.5. The van der Waals surface area contributed by atoms with Crippen LogP contribution < -0.4 is 15.0 Å². The second-order valence-corrected chi connectivity index (χ2v) is 5.80. The Morgan fingerprint density at radius 1 is 1.33 bits per heavy atom. The number of carbonyl (C=O) groups excluding carboxylic acids is 1. The van der Waals surface area contributed by atoms with Gasteiger partial charge in [-0.15, -0.1) is 0 Å². The van der Waals surface area contributed by atoms with E-state index in [0.717, 1.165) is 23.7 Å². The van der Waals surface area contributed by atoms with E-state index >= 15 is 0 Å². The molecule has 0 atom stereocenters. The number of hydrogen-bond acceptors (Lipinski definition) is 5. The minimum absolute atomic E-state index is 0.234. The van der Waals surface area contributed by atoms with Crippen LogP contribution in [0.2, 0.25) is 0 Å². The topological polar surface area (TPSA) is 71.8 Å². The highest BCUT2D eigenvalue weighted by Crippen LogP contribution is 2.33. The molecular weight excluding hydrogens is 306 g/mol. The maximum atomic E-state index is 12.6. The first kappa shape index (κ1) is 14.5. The van der Waals surface area contributed by atoms with Crippen LogP contribution in [0.1, 0.15) is 16.1 Å².